The highest BCUT2D eigenvalue weighted by atomic mass is 16.3. The average Bonchev–Trinajstić information content (AvgIpc) is 3.08. The highest BCUT2D eigenvalue weighted by molar-refractivity contribution is 5.83. The van der Waals surface area contributed by atoms with Gasteiger partial charge in [-0.2, -0.15) is 0 Å². The fraction of sp³-hybridized carbons (Fsp3) is 0.588. The molecule has 0 heterocycles. The van der Waals surface area contributed by atoms with Gasteiger partial charge in [0.1, 0.15) is 0 Å². The third-order valence-electron chi connectivity index (χ3n) is 5.30. The first kappa shape index (κ1) is 13.6. The SMILES string of the molecule is CC(C(=O)NC1C2CCC(C2)C1CO)c1ccccc1. The van der Waals surface area contributed by atoms with Crippen LogP contribution in [-0.2, 0) is 4.79 Å². The molecule has 1 amide bonds. The lowest BCUT2D eigenvalue weighted by Crippen LogP contribution is -2.46. The van der Waals surface area contributed by atoms with Crippen molar-refractivity contribution in [3.63, 3.8) is 0 Å². The van der Waals surface area contributed by atoms with Crippen LogP contribution in [0.4, 0.5) is 0 Å². The van der Waals surface area contributed by atoms with E-state index in [4.69, 9.17) is 0 Å². The predicted molar refractivity (Wildman–Crippen MR) is 78.2 cm³/mol. The van der Waals surface area contributed by atoms with Crippen molar-refractivity contribution in [2.24, 2.45) is 17.8 Å². The summed E-state index contributed by atoms with van der Waals surface area (Å²) in [4.78, 5) is 12.4. The van der Waals surface area contributed by atoms with Gasteiger partial charge in [-0.3, -0.25) is 4.79 Å². The van der Waals surface area contributed by atoms with Crippen LogP contribution >= 0.6 is 0 Å². The van der Waals surface area contributed by atoms with Gasteiger partial charge in [0.2, 0.25) is 5.91 Å². The Balaban J connectivity index is 1.67. The molecule has 2 N–H and O–H groups in total. The van der Waals surface area contributed by atoms with Crippen LogP contribution in [0.3, 0.4) is 0 Å². The monoisotopic (exact) mass is 273 g/mol. The summed E-state index contributed by atoms with van der Waals surface area (Å²) in [6.07, 6.45) is 3.60. The number of hydrogen-bond donors (Lipinski definition) is 2. The molecule has 2 aliphatic rings. The van der Waals surface area contributed by atoms with Gasteiger partial charge >= 0.3 is 0 Å². The Morgan fingerprint density at radius 2 is 2.00 bits per heavy atom. The summed E-state index contributed by atoms with van der Waals surface area (Å²) in [5, 5.41) is 12.8. The first-order valence-electron chi connectivity index (χ1n) is 7.67. The van der Waals surface area contributed by atoms with Crippen molar-refractivity contribution in [1.29, 1.82) is 0 Å². The van der Waals surface area contributed by atoms with Gasteiger partial charge in [0.25, 0.3) is 0 Å². The van der Waals surface area contributed by atoms with Gasteiger partial charge in [-0.05, 0) is 43.6 Å². The maximum atomic E-state index is 12.4. The molecule has 0 radical (unpaired) electrons. The Morgan fingerprint density at radius 1 is 1.30 bits per heavy atom. The molecule has 0 saturated heterocycles. The van der Waals surface area contributed by atoms with E-state index in [-0.39, 0.29) is 30.4 Å². The molecule has 2 fully saturated rings. The summed E-state index contributed by atoms with van der Waals surface area (Å²) in [7, 11) is 0. The van der Waals surface area contributed by atoms with Gasteiger partial charge in [0.15, 0.2) is 0 Å². The molecule has 3 nitrogen and oxygen atoms in total. The number of nitrogens with one attached hydrogen (secondary N) is 1. The first-order chi connectivity index (χ1) is 9.70. The third kappa shape index (κ3) is 2.35. The van der Waals surface area contributed by atoms with Crippen LogP contribution in [0, 0.1) is 17.8 Å². The Bertz CT molecular complexity index is 473. The fourth-order valence-corrected chi connectivity index (χ4v) is 4.08. The number of carbonyl (C=O) groups is 1. The van der Waals surface area contributed by atoms with Crippen molar-refractivity contribution in [3.8, 4) is 0 Å². The Hall–Kier alpha value is -1.35. The lowest BCUT2D eigenvalue weighted by Gasteiger charge is -2.31. The van der Waals surface area contributed by atoms with E-state index < -0.39 is 0 Å². The molecule has 1 aromatic carbocycles. The summed E-state index contributed by atoms with van der Waals surface area (Å²) in [6, 6.07) is 10.1. The van der Waals surface area contributed by atoms with Crippen LogP contribution in [0.2, 0.25) is 0 Å². The van der Waals surface area contributed by atoms with Gasteiger partial charge in [-0.1, -0.05) is 30.3 Å². The fourth-order valence-electron chi connectivity index (χ4n) is 4.08. The molecule has 2 aliphatic carbocycles. The summed E-state index contributed by atoms with van der Waals surface area (Å²) >= 11 is 0. The first-order valence-corrected chi connectivity index (χ1v) is 7.67. The zero-order chi connectivity index (χ0) is 14.1. The van der Waals surface area contributed by atoms with Crippen LogP contribution in [0.15, 0.2) is 30.3 Å². The third-order valence-corrected chi connectivity index (χ3v) is 5.30. The number of aliphatic hydroxyl groups excluding tert-OH is 1. The standard InChI is InChI=1S/C17H23NO2/c1-11(12-5-3-2-4-6-12)17(20)18-16-14-8-7-13(9-14)15(16)10-19/h2-6,11,13-16,19H,7-10H2,1H3,(H,18,20). The molecule has 2 bridgehead atoms. The van der Waals surface area contributed by atoms with Crippen LogP contribution in [0.5, 0.6) is 0 Å². The molecule has 3 rings (SSSR count). The number of hydrogen-bond acceptors (Lipinski definition) is 2. The molecule has 1 aromatic rings. The summed E-state index contributed by atoms with van der Waals surface area (Å²) < 4.78 is 0. The lowest BCUT2D eigenvalue weighted by atomic mass is 9.84. The van der Waals surface area contributed by atoms with Crippen LogP contribution < -0.4 is 5.32 Å². The Morgan fingerprint density at radius 3 is 2.70 bits per heavy atom. The normalized spacial score (nSPS) is 33.1. The number of amides is 1. The summed E-state index contributed by atoms with van der Waals surface area (Å²) in [6.45, 7) is 2.15. The van der Waals surface area contributed by atoms with Crippen molar-refractivity contribution in [2.75, 3.05) is 6.61 Å². The second kappa shape index (κ2) is 5.57. The molecular formula is C17H23NO2. The highest BCUT2D eigenvalue weighted by Gasteiger charge is 2.47. The van der Waals surface area contributed by atoms with Crippen LogP contribution in [0.1, 0.15) is 37.7 Å². The van der Waals surface area contributed by atoms with Gasteiger partial charge in [0, 0.05) is 18.6 Å². The van der Waals surface area contributed by atoms with E-state index in [1.54, 1.807) is 0 Å². The van der Waals surface area contributed by atoms with Gasteiger partial charge < -0.3 is 10.4 Å². The molecule has 0 spiro atoms. The molecule has 5 unspecified atom stereocenters. The van der Waals surface area contributed by atoms with E-state index in [2.05, 4.69) is 5.32 Å². The summed E-state index contributed by atoms with van der Waals surface area (Å²) in [5.41, 5.74) is 1.05. The molecule has 0 aromatic heterocycles. The number of carbonyl (C=O) groups excluding carboxylic acids is 1. The molecule has 3 heteroatoms. The summed E-state index contributed by atoms with van der Waals surface area (Å²) in [5.74, 6) is 1.41. The number of aliphatic hydroxyl groups is 1. The average molecular weight is 273 g/mol. The second-order valence-corrected chi connectivity index (χ2v) is 6.35. The number of fused-ring (bicyclic) bond motifs is 2. The molecule has 108 valence electrons. The smallest absolute Gasteiger partial charge is 0.227 e. The molecule has 20 heavy (non-hydrogen) atoms. The lowest BCUT2D eigenvalue weighted by molar-refractivity contribution is -0.123. The minimum Gasteiger partial charge on any atom is -0.396 e. The van der Waals surface area contributed by atoms with Gasteiger partial charge in [-0.15, -0.1) is 0 Å². The van der Waals surface area contributed by atoms with Crippen molar-refractivity contribution in [3.05, 3.63) is 35.9 Å². The van der Waals surface area contributed by atoms with Gasteiger partial charge in [-0.25, -0.2) is 0 Å². The highest BCUT2D eigenvalue weighted by Crippen LogP contribution is 2.48. The van der Waals surface area contributed by atoms with Crippen molar-refractivity contribution in [2.45, 2.75) is 38.1 Å². The Kier molecular flexibility index (Phi) is 3.79. The van der Waals surface area contributed by atoms with E-state index in [0.29, 0.717) is 11.8 Å². The van der Waals surface area contributed by atoms with Crippen LogP contribution in [0.25, 0.3) is 0 Å². The van der Waals surface area contributed by atoms with E-state index in [1.807, 2.05) is 37.3 Å². The van der Waals surface area contributed by atoms with Crippen molar-refractivity contribution < 1.29 is 9.90 Å². The quantitative estimate of drug-likeness (QED) is 0.884. The topological polar surface area (TPSA) is 49.3 Å². The second-order valence-electron chi connectivity index (χ2n) is 6.35. The van der Waals surface area contributed by atoms with E-state index in [9.17, 15) is 9.90 Å². The molecule has 5 atom stereocenters. The van der Waals surface area contributed by atoms with Crippen molar-refractivity contribution >= 4 is 5.91 Å². The van der Waals surface area contributed by atoms with E-state index in [0.717, 1.165) is 5.56 Å². The predicted octanol–water partition coefficient (Wildman–Crippen LogP) is 2.31. The minimum absolute atomic E-state index is 0.0900. The number of benzene rings is 1. The minimum atomic E-state index is -0.130. The zero-order valence-corrected chi connectivity index (χ0v) is 12.0. The van der Waals surface area contributed by atoms with E-state index in [1.165, 1.54) is 19.3 Å². The maximum Gasteiger partial charge on any atom is 0.227 e. The van der Waals surface area contributed by atoms with Gasteiger partial charge in [0.05, 0.1) is 5.92 Å². The molecule has 2 saturated carbocycles. The largest absolute Gasteiger partial charge is 0.396 e. The number of rotatable bonds is 4. The maximum absolute atomic E-state index is 12.4. The Labute approximate surface area is 120 Å². The molecule has 0 aliphatic heterocycles. The zero-order valence-electron chi connectivity index (χ0n) is 12.0. The van der Waals surface area contributed by atoms with Crippen molar-refractivity contribution in [1.82, 2.24) is 5.32 Å². The van der Waals surface area contributed by atoms with E-state index >= 15 is 0 Å². The van der Waals surface area contributed by atoms with Crippen LogP contribution in [-0.4, -0.2) is 23.7 Å². The molecular weight excluding hydrogens is 250 g/mol.